The molecule has 3 aromatic carbocycles. The third-order valence-corrected chi connectivity index (χ3v) is 21.4. The van der Waals surface area contributed by atoms with Gasteiger partial charge in [-0.2, -0.15) is 0 Å². The van der Waals surface area contributed by atoms with Crippen molar-refractivity contribution >= 4 is 102 Å². The van der Waals surface area contributed by atoms with E-state index in [9.17, 15) is 19.5 Å². The maximum atomic E-state index is 12.9. The Labute approximate surface area is 606 Å². The Bertz CT molecular complexity index is 5330. The number of carbonyl (C=O) groups excluding carboxylic acids is 3. The molecule has 25 nitrogen and oxygen atoms in total. The molecule has 8 N–H and O–H groups in total. The number of fused-ring (bicyclic) bond motifs is 6. The van der Waals surface area contributed by atoms with Crippen LogP contribution in [0.25, 0.3) is 66.5 Å². The maximum Gasteiger partial charge on any atom is 0.254 e. The minimum Gasteiger partial charge on any atom is -0.493 e. The number of hydrogen-bond donors (Lipinski definition) is 8. The Kier molecular flexibility index (Phi) is 17.7. The summed E-state index contributed by atoms with van der Waals surface area (Å²) in [5, 5.41) is 35.5. The SMILES string of the molecule is CN1CCN(c2ccc(Nc3ccc(-c4ccnc5c4ccn5C4CC4)c4c3C(=O)NC4)nc2)CC1.COc1cc(N2CCC(O)CC2)cnc1Nc1ccc(-c2ccnc3c2ccn3C)c2c1C(=O)NC2.Cn1ccc2c(-c3ncc(Nc4ccc(N5CCNCC5)cn4)c4c3CNC4=O)cccc21. The van der Waals surface area contributed by atoms with Crippen molar-refractivity contribution in [1.82, 2.24) is 69.8 Å². The zero-order valence-corrected chi connectivity index (χ0v) is 59.1. The van der Waals surface area contributed by atoms with Gasteiger partial charge in [-0.15, -0.1) is 0 Å². The molecule has 6 aliphatic heterocycles. The molecule has 9 aromatic heterocycles. The predicted molar refractivity (Wildman–Crippen MR) is 411 cm³/mol. The van der Waals surface area contributed by atoms with Crippen LogP contribution in [0.5, 0.6) is 5.75 Å². The zero-order chi connectivity index (χ0) is 71.4. The third-order valence-electron chi connectivity index (χ3n) is 21.4. The van der Waals surface area contributed by atoms with Gasteiger partial charge >= 0.3 is 0 Å². The molecule has 15 heterocycles. The number of carbonyl (C=O) groups is 3. The molecule has 19 rings (SSSR count). The first-order valence-electron chi connectivity index (χ1n) is 36.1. The van der Waals surface area contributed by atoms with Gasteiger partial charge in [0.1, 0.15) is 22.9 Å². The number of methoxy groups -OCH3 is 1. The number of anilines is 9. The number of pyridine rings is 6. The van der Waals surface area contributed by atoms with Gasteiger partial charge < -0.3 is 80.4 Å². The molecular weight excluding hydrogens is 1320 g/mol. The van der Waals surface area contributed by atoms with Crippen LogP contribution in [-0.2, 0) is 33.7 Å². The number of aromatic nitrogens is 9. The zero-order valence-electron chi connectivity index (χ0n) is 59.1. The number of nitrogens with zero attached hydrogens (tertiary/aromatic N) is 13. The van der Waals surface area contributed by atoms with Gasteiger partial charge in [0.25, 0.3) is 17.7 Å². The van der Waals surface area contributed by atoms with E-state index in [4.69, 9.17) is 9.72 Å². The molecule has 1 saturated carbocycles. The molecule has 1 aliphatic carbocycles. The Morgan fingerprint density at radius 1 is 0.476 bits per heavy atom. The van der Waals surface area contributed by atoms with Gasteiger partial charge in [-0.05, 0) is 139 Å². The number of piperidine rings is 1. The monoisotopic (exact) mass is 1400 g/mol. The molecule has 12 aromatic rings. The second-order valence-corrected chi connectivity index (χ2v) is 27.9. The first kappa shape index (κ1) is 66.3. The third kappa shape index (κ3) is 12.9. The van der Waals surface area contributed by atoms with Crippen LogP contribution in [0.2, 0.25) is 0 Å². The summed E-state index contributed by atoms with van der Waals surface area (Å²) in [6.07, 6.45) is 20.9. The van der Waals surface area contributed by atoms with Crippen molar-refractivity contribution in [1.29, 1.82) is 0 Å². The van der Waals surface area contributed by atoms with Crippen molar-refractivity contribution in [3.63, 3.8) is 0 Å². The molecule has 532 valence electrons. The number of nitrogens with one attached hydrogen (secondary N) is 7. The van der Waals surface area contributed by atoms with Crippen LogP contribution in [0, 0.1) is 0 Å². The average Bonchev–Trinajstić information content (AvgIpc) is 1.63. The highest BCUT2D eigenvalue weighted by molar-refractivity contribution is 6.10. The standard InChI is InChI=1S/C28H29N7O.C27H28N6O3.C25H25N7O/c1-33-12-14-34(15-13-33)19-4-7-25(30-16-19)32-24-6-5-20(23-17-31-28(36)26(23)24)21-8-10-29-27-22(21)9-11-35(27)18-2-3-18;1-32-10-8-20-19(5-9-28-26(20)32)18-3-4-22(24-21(18)15-30-27(24)35)31-25-23(36-2)13-16(14-29-25)33-11-6-17(34)7-12-33;1-31-10-7-17-18(3-2-4-21(17)31)24-19-14-29-25(33)23(19)20(15-28-24)30-22-6-5-16(13-27-22)32-11-8-26-9-12-32/h4-11,16,18H,2-3,12-15,17H2,1H3,(H,30,32)(H,31,36);3-5,8-10,13-14,17,34H,6-7,11-12,15H2,1-2H3,(H,29,31)(H,30,35);2-7,10,13,15,26H,8-9,11-12,14H2,1H3,(H,27,30)(H,29,33). The van der Waals surface area contributed by atoms with Crippen molar-refractivity contribution in [2.24, 2.45) is 14.1 Å². The summed E-state index contributed by atoms with van der Waals surface area (Å²) in [5.74, 6) is 2.30. The van der Waals surface area contributed by atoms with E-state index in [0.717, 1.165) is 190 Å². The largest absolute Gasteiger partial charge is 0.493 e. The van der Waals surface area contributed by atoms with Gasteiger partial charge in [-0.1, -0.05) is 24.3 Å². The molecule has 0 unspecified atom stereocenters. The Balaban J connectivity index is 0.000000116. The van der Waals surface area contributed by atoms with Gasteiger partial charge in [-0.25, -0.2) is 24.9 Å². The van der Waals surface area contributed by atoms with Crippen LogP contribution in [0.4, 0.5) is 51.6 Å². The van der Waals surface area contributed by atoms with E-state index < -0.39 is 0 Å². The highest BCUT2D eigenvalue weighted by Gasteiger charge is 2.33. The molecular formula is C80H82N20O5. The molecule has 7 aliphatic rings. The van der Waals surface area contributed by atoms with Gasteiger partial charge in [0.15, 0.2) is 11.6 Å². The van der Waals surface area contributed by atoms with E-state index in [1.54, 1.807) is 25.7 Å². The molecule has 0 atom stereocenters. The van der Waals surface area contributed by atoms with E-state index in [-0.39, 0.29) is 23.8 Å². The number of piperazine rings is 2. The molecule has 3 saturated heterocycles. The number of aliphatic hydroxyl groups excluding tert-OH is 1. The van der Waals surface area contributed by atoms with E-state index in [0.29, 0.717) is 71.1 Å². The second kappa shape index (κ2) is 28.0. The average molecular weight is 1400 g/mol. The van der Waals surface area contributed by atoms with E-state index in [1.807, 2.05) is 98.2 Å². The number of aliphatic hydroxyl groups is 1. The van der Waals surface area contributed by atoms with Crippen LogP contribution < -0.4 is 56.7 Å². The van der Waals surface area contributed by atoms with Crippen molar-refractivity contribution in [2.75, 3.05) is 110 Å². The highest BCUT2D eigenvalue weighted by Crippen LogP contribution is 2.44. The van der Waals surface area contributed by atoms with Crippen molar-refractivity contribution in [2.45, 2.75) is 57.5 Å². The lowest BCUT2D eigenvalue weighted by Crippen LogP contribution is -2.44. The van der Waals surface area contributed by atoms with Crippen LogP contribution in [0.15, 0.2) is 159 Å². The first-order chi connectivity index (χ1) is 51.4. The van der Waals surface area contributed by atoms with Gasteiger partial charge in [-0.3, -0.25) is 19.4 Å². The first-order valence-corrected chi connectivity index (χ1v) is 36.1. The summed E-state index contributed by atoms with van der Waals surface area (Å²) in [4.78, 5) is 75.7. The molecule has 0 spiro atoms. The van der Waals surface area contributed by atoms with Gasteiger partial charge in [0.2, 0.25) is 0 Å². The maximum absolute atomic E-state index is 12.9. The summed E-state index contributed by atoms with van der Waals surface area (Å²) in [5.41, 5.74) is 19.3. The van der Waals surface area contributed by atoms with Crippen LogP contribution >= 0.6 is 0 Å². The number of ether oxygens (including phenoxy) is 1. The topological polar surface area (TPSA) is 270 Å². The summed E-state index contributed by atoms with van der Waals surface area (Å²) in [6, 6.07) is 35.3. The fourth-order valence-electron chi connectivity index (χ4n) is 15.5. The van der Waals surface area contributed by atoms with Crippen LogP contribution in [0.3, 0.4) is 0 Å². The van der Waals surface area contributed by atoms with Crippen molar-refractivity contribution in [3.8, 4) is 39.3 Å². The summed E-state index contributed by atoms with van der Waals surface area (Å²) < 4.78 is 12.0. The summed E-state index contributed by atoms with van der Waals surface area (Å²) >= 11 is 0. The summed E-state index contributed by atoms with van der Waals surface area (Å²) in [6.45, 7) is 11.0. The molecule has 25 heteroatoms. The normalized spacial score (nSPS) is 16.4. The van der Waals surface area contributed by atoms with E-state index in [2.05, 4.69) is 159 Å². The smallest absolute Gasteiger partial charge is 0.254 e. The summed E-state index contributed by atoms with van der Waals surface area (Å²) in [7, 11) is 7.77. The number of aryl methyl sites for hydroxylation is 2. The number of rotatable bonds is 14. The minimum atomic E-state index is -0.238. The quantitative estimate of drug-likeness (QED) is 0.0503. The lowest BCUT2D eigenvalue weighted by Gasteiger charge is -2.33. The molecule has 105 heavy (non-hydrogen) atoms. The minimum absolute atomic E-state index is 0.0516. The number of amides is 3. The van der Waals surface area contributed by atoms with E-state index in [1.165, 1.54) is 12.8 Å². The Hall–Kier alpha value is -11.9. The van der Waals surface area contributed by atoms with Crippen molar-refractivity contribution in [3.05, 3.63) is 192 Å². The van der Waals surface area contributed by atoms with E-state index >= 15 is 0 Å². The lowest BCUT2D eigenvalue weighted by molar-refractivity contribution is 0.0958. The lowest BCUT2D eigenvalue weighted by atomic mass is 9.94. The number of hydrogen-bond acceptors (Lipinski definition) is 19. The molecule has 0 bridgehead atoms. The molecule has 0 radical (unpaired) electrons. The predicted octanol–water partition coefficient (Wildman–Crippen LogP) is 10.8. The Morgan fingerprint density at radius 2 is 1.04 bits per heavy atom. The van der Waals surface area contributed by atoms with Crippen LogP contribution in [0.1, 0.15) is 79.5 Å². The second-order valence-electron chi connectivity index (χ2n) is 27.9. The van der Waals surface area contributed by atoms with Crippen LogP contribution in [-0.4, -0.2) is 157 Å². The fraction of sp³-hybridized carbons (Fsp3) is 0.287. The molecule has 4 fully saturated rings. The highest BCUT2D eigenvalue weighted by atomic mass is 16.5. The van der Waals surface area contributed by atoms with Crippen molar-refractivity contribution < 1.29 is 24.2 Å². The fourth-order valence-corrected chi connectivity index (χ4v) is 15.5. The number of benzene rings is 3. The molecule has 3 amide bonds. The van der Waals surface area contributed by atoms with Gasteiger partial charge in [0, 0.05) is 175 Å². The number of likely N-dealkylation sites (N-methyl/N-ethyl adjacent to an activating group) is 1. The van der Waals surface area contributed by atoms with Gasteiger partial charge in [0.05, 0.1) is 94.5 Å². The Morgan fingerprint density at radius 3 is 1.68 bits per heavy atom.